The molecule has 0 saturated heterocycles. The van der Waals surface area contributed by atoms with Crippen molar-refractivity contribution in [2.24, 2.45) is 17.8 Å². The van der Waals surface area contributed by atoms with Crippen molar-refractivity contribution < 1.29 is 9.53 Å². The predicted octanol–water partition coefficient (Wildman–Crippen LogP) is 9.78. The Balaban J connectivity index is 5.78. The molecule has 5 atom stereocenters. The van der Waals surface area contributed by atoms with Gasteiger partial charge in [0.25, 0.3) is 0 Å². The van der Waals surface area contributed by atoms with E-state index in [1.807, 2.05) is 6.08 Å². The Morgan fingerprint density at radius 1 is 0.882 bits per heavy atom. The molecule has 0 aliphatic rings. The molecule has 0 amide bonds. The van der Waals surface area contributed by atoms with Crippen molar-refractivity contribution in [1.82, 2.24) is 0 Å². The van der Waals surface area contributed by atoms with Gasteiger partial charge in [0.05, 0.1) is 0 Å². The zero-order valence-corrected chi connectivity index (χ0v) is 28.9. The van der Waals surface area contributed by atoms with E-state index in [2.05, 4.69) is 92.2 Å². The SMILES string of the molecule is C=C[C@H](C)[C@H](O[Si](C)(C)C(C)(C)C)[C@@H](C)[C@@H](O)[C@@H](C)/C=[CH]/[Sn]([CH2]CCC)([CH2]CCC)[CH2]CCC. The van der Waals surface area contributed by atoms with Crippen LogP contribution in [0, 0.1) is 17.8 Å². The van der Waals surface area contributed by atoms with Crippen LogP contribution in [0.15, 0.2) is 22.8 Å². The molecular weight excluding hydrogens is 539 g/mol. The van der Waals surface area contributed by atoms with Crippen LogP contribution in [0.4, 0.5) is 0 Å². The van der Waals surface area contributed by atoms with Gasteiger partial charge in [0.1, 0.15) is 0 Å². The van der Waals surface area contributed by atoms with Gasteiger partial charge in [0.2, 0.25) is 0 Å². The first-order valence-corrected chi connectivity index (χ1v) is 25.0. The van der Waals surface area contributed by atoms with Gasteiger partial charge in [-0.2, -0.15) is 0 Å². The average molecular weight is 602 g/mol. The summed E-state index contributed by atoms with van der Waals surface area (Å²) in [6.07, 6.45) is 12.0. The summed E-state index contributed by atoms with van der Waals surface area (Å²) in [5.74, 6) is 0.429. The summed E-state index contributed by atoms with van der Waals surface area (Å²) in [7, 11) is -1.95. The van der Waals surface area contributed by atoms with Gasteiger partial charge in [-0.25, -0.2) is 0 Å². The molecule has 0 spiro atoms. The fourth-order valence-corrected chi connectivity index (χ4v) is 20.8. The van der Waals surface area contributed by atoms with Crippen LogP contribution in [0.5, 0.6) is 0 Å². The maximum absolute atomic E-state index is 11.5. The molecule has 0 fully saturated rings. The van der Waals surface area contributed by atoms with Crippen molar-refractivity contribution in [2.75, 3.05) is 0 Å². The summed E-state index contributed by atoms with van der Waals surface area (Å²) in [5.41, 5.74) is 0. The fourth-order valence-electron chi connectivity index (χ4n) is 4.70. The van der Waals surface area contributed by atoms with Gasteiger partial charge in [0, 0.05) is 0 Å². The second-order valence-corrected chi connectivity index (χ2v) is 30.4. The molecule has 2 nitrogen and oxygen atoms in total. The number of aliphatic hydroxyl groups excluding tert-OH is 1. The third-order valence-corrected chi connectivity index (χ3v) is 27.2. The Morgan fingerprint density at radius 3 is 1.68 bits per heavy atom. The molecule has 0 aliphatic heterocycles. The normalized spacial score (nSPS) is 18.0. The van der Waals surface area contributed by atoms with Crippen molar-refractivity contribution in [3.8, 4) is 0 Å². The molecule has 0 aromatic rings. The van der Waals surface area contributed by atoms with Crippen LogP contribution < -0.4 is 0 Å². The molecule has 0 unspecified atom stereocenters. The van der Waals surface area contributed by atoms with Crippen LogP contribution in [-0.2, 0) is 4.43 Å². The van der Waals surface area contributed by atoms with E-state index in [9.17, 15) is 5.11 Å². The molecule has 34 heavy (non-hydrogen) atoms. The first-order valence-electron chi connectivity index (χ1n) is 14.4. The quantitative estimate of drug-likeness (QED) is 0.125. The molecule has 0 aromatic heterocycles. The summed E-state index contributed by atoms with van der Waals surface area (Å²) in [5, 5.41) is 11.6. The zero-order chi connectivity index (χ0) is 26.6. The molecule has 0 aromatic carbocycles. The van der Waals surface area contributed by atoms with Crippen LogP contribution in [0.25, 0.3) is 0 Å². The summed E-state index contributed by atoms with van der Waals surface area (Å²) < 4.78 is 14.0. The Kier molecular flexibility index (Phi) is 16.5. The topological polar surface area (TPSA) is 29.5 Å². The first-order chi connectivity index (χ1) is 15.7. The summed E-state index contributed by atoms with van der Waals surface area (Å²) in [4.78, 5) is 0. The van der Waals surface area contributed by atoms with Crippen molar-refractivity contribution >= 4 is 26.7 Å². The van der Waals surface area contributed by atoms with Gasteiger partial charge in [-0.1, -0.05) is 0 Å². The van der Waals surface area contributed by atoms with Gasteiger partial charge in [-0.15, -0.1) is 0 Å². The van der Waals surface area contributed by atoms with Gasteiger partial charge >= 0.3 is 221 Å². The Bertz CT molecular complexity index is 559. The van der Waals surface area contributed by atoms with E-state index in [0.29, 0.717) is 0 Å². The second kappa shape index (κ2) is 16.3. The summed E-state index contributed by atoms with van der Waals surface area (Å²) >= 11 is -2.34. The van der Waals surface area contributed by atoms with E-state index in [1.54, 1.807) is 0 Å². The van der Waals surface area contributed by atoms with E-state index in [1.165, 1.54) is 51.8 Å². The molecule has 0 aliphatic carbocycles. The summed E-state index contributed by atoms with van der Waals surface area (Å²) in [6.45, 7) is 29.1. The number of hydrogen-bond donors (Lipinski definition) is 1. The number of unbranched alkanes of at least 4 members (excludes halogenated alkanes) is 3. The van der Waals surface area contributed by atoms with E-state index in [0.717, 1.165) is 0 Å². The van der Waals surface area contributed by atoms with E-state index in [4.69, 9.17) is 4.43 Å². The van der Waals surface area contributed by atoms with Crippen molar-refractivity contribution in [3.63, 3.8) is 0 Å². The van der Waals surface area contributed by atoms with Crippen LogP contribution in [0.3, 0.4) is 0 Å². The molecule has 1 N–H and O–H groups in total. The van der Waals surface area contributed by atoms with Crippen LogP contribution in [-0.4, -0.2) is 44.0 Å². The van der Waals surface area contributed by atoms with Gasteiger partial charge in [-0.3, -0.25) is 0 Å². The van der Waals surface area contributed by atoms with Crippen molar-refractivity contribution in [3.05, 3.63) is 22.8 Å². The molecule has 0 heterocycles. The zero-order valence-electron chi connectivity index (χ0n) is 25.0. The van der Waals surface area contributed by atoms with Crippen LogP contribution >= 0.6 is 0 Å². The first kappa shape index (κ1) is 34.4. The molecule has 4 heteroatoms. The molecule has 202 valence electrons. The minimum absolute atomic E-state index is 0.00205. The molecular formula is C30H62O2SiSn. The molecule has 0 radical (unpaired) electrons. The molecule has 0 rings (SSSR count). The van der Waals surface area contributed by atoms with Gasteiger partial charge < -0.3 is 0 Å². The van der Waals surface area contributed by atoms with E-state index in [-0.39, 0.29) is 28.9 Å². The number of aliphatic hydroxyl groups is 1. The predicted molar refractivity (Wildman–Crippen MR) is 160 cm³/mol. The Morgan fingerprint density at radius 2 is 1.32 bits per heavy atom. The number of hydrogen-bond acceptors (Lipinski definition) is 2. The third-order valence-electron chi connectivity index (χ3n) is 8.56. The second-order valence-electron chi connectivity index (χ2n) is 12.7. The fraction of sp³-hybridized carbons (Fsp3) is 0.867. The monoisotopic (exact) mass is 602 g/mol. The van der Waals surface area contributed by atoms with Crippen molar-refractivity contribution in [2.45, 2.75) is 144 Å². The summed E-state index contributed by atoms with van der Waals surface area (Å²) in [6, 6.07) is 0. The van der Waals surface area contributed by atoms with Gasteiger partial charge in [0.15, 0.2) is 0 Å². The molecule has 0 saturated carbocycles. The molecule has 0 bridgehead atoms. The van der Waals surface area contributed by atoms with Crippen molar-refractivity contribution in [1.29, 1.82) is 0 Å². The minimum atomic E-state index is -2.34. The van der Waals surface area contributed by atoms with E-state index < -0.39 is 32.8 Å². The standard InChI is InChI=1S/C18H35O2Si.3C4H9.Sn/c1-11-13(3)16(19)15(5)17(14(4)12-2)20-21(9,10)18(6,7)8;3*1-3-4-2;/h1,11-17,19H,2H2,3-10H3;3*1,3-4H2,2H3;/t13-,14-,15-,16-,17-;;;;/m0..../s1. The maximum atomic E-state index is 11.5. The third kappa shape index (κ3) is 11.2. The van der Waals surface area contributed by atoms with Crippen LogP contribution in [0.2, 0.25) is 31.4 Å². The van der Waals surface area contributed by atoms with Crippen LogP contribution in [0.1, 0.15) is 101 Å². The van der Waals surface area contributed by atoms with Gasteiger partial charge in [-0.05, 0) is 0 Å². The Labute approximate surface area is 220 Å². The number of rotatable bonds is 18. The van der Waals surface area contributed by atoms with E-state index >= 15 is 0 Å². The average Bonchev–Trinajstić information content (AvgIpc) is 2.79. The Hall–Kier alpha value is 0.416.